The number of piperazine rings is 1. The lowest BCUT2D eigenvalue weighted by atomic mass is 10.00. The third-order valence-corrected chi connectivity index (χ3v) is 12.7. The summed E-state index contributed by atoms with van der Waals surface area (Å²) in [6.45, 7) is 11.5. The molecule has 0 radical (unpaired) electrons. The number of anilines is 1. The van der Waals surface area contributed by atoms with Crippen LogP contribution in [0.3, 0.4) is 0 Å². The minimum absolute atomic E-state index is 0.0305. The summed E-state index contributed by atoms with van der Waals surface area (Å²) in [4.78, 5) is 52.9. The lowest BCUT2D eigenvalue weighted by Gasteiger charge is -2.35. The number of aromatic amines is 1. The minimum atomic E-state index is -1.02. The first kappa shape index (κ1) is 43.3. The van der Waals surface area contributed by atoms with Crippen molar-refractivity contribution in [1.29, 1.82) is 0 Å². The second-order valence-electron chi connectivity index (χ2n) is 14.9. The number of carboxylic acid groups (broad SMARTS) is 1. The normalized spacial score (nSPS) is 13.5. The quantitative estimate of drug-likeness (QED) is 0.109. The molecule has 17 heteroatoms. The third kappa shape index (κ3) is 9.43. The zero-order valence-corrected chi connectivity index (χ0v) is 37.0. The van der Waals surface area contributed by atoms with E-state index in [1.807, 2.05) is 48.2 Å². The predicted octanol–water partition coefficient (Wildman–Crippen LogP) is 8.19. The van der Waals surface area contributed by atoms with Gasteiger partial charge in [0.15, 0.2) is 5.82 Å². The van der Waals surface area contributed by atoms with Crippen molar-refractivity contribution in [2.24, 2.45) is 4.99 Å². The number of aryl methyl sites for hydroxylation is 2. The van der Waals surface area contributed by atoms with Crippen molar-refractivity contribution in [2.75, 3.05) is 44.7 Å². The van der Waals surface area contributed by atoms with E-state index in [9.17, 15) is 19.5 Å². The lowest BCUT2D eigenvalue weighted by molar-refractivity contribution is -0.131. The summed E-state index contributed by atoms with van der Waals surface area (Å²) in [5.74, 6) is 2.00. The number of H-pyrrole nitrogens is 1. The van der Waals surface area contributed by atoms with Crippen molar-refractivity contribution in [3.05, 3.63) is 104 Å². The number of aromatic carboxylic acids is 1. The highest BCUT2D eigenvalue weighted by atomic mass is 35.5. The Labute approximate surface area is 367 Å². The second-order valence-corrected chi connectivity index (χ2v) is 17.0. The molecule has 6 aromatic rings. The number of fused-ring (bicyclic) bond motifs is 4. The number of aliphatic imine (C=N–C) groups is 1. The molecule has 2 amide bonds. The molecule has 3 N–H and O–H groups in total. The van der Waals surface area contributed by atoms with E-state index in [2.05, 4.69) is 43.8 Å². The minimum Gasteiger partial charge on any atom is -0.480 e. The molecule has 2 aromatic carbocycles. The fraction of sp³-hybridized carbons (Fsp3) is 0.341. The summed E-state index contributed by atoms with van der Waals surface area (Å²) in [6, 6.07) is 15.1. The van der Waals surface area contributed by atoms with Crippen molar-refractivity contribution in [3.63, 3.8) is 0 Å². The Kier molecular flexibility index (Phi) is 13.4. The molecule has 318 valence electrons. The van der Waals surface area contributed by atoms with Crippen LogP contribution < -0.4 is 15.0 Å². The van der Waals surface area contributed by atoms with E-state index >= 15 is 0 Å². The van der Waals surface area contributed by atoms with Crippen molar-refractivity contribution >= 4 is 74.8 Å². The number of ether oxygens (including phenoxy) is 1. The van der Waals surface area contributed by atoms with E-state index < -0.39 is 5.97 Å². The molecule has 2 aliphatic rings. The van der Waals surface area contributed by atoms with Crippen LogP contribution in [0.4, 0.5) is 5.82 Å². The van der Waals surface area contributed by atoms with Gasteiger partial charge in [-0.25, -0.2) is 4.79 Å². The van der Waals surface area contributed by atoms with Gasteiger partial charge in [0, 0.05) is 95.3 Å². The van der Waals surface area contributed by atoms with Crippen LogP contribution in [0.15, 0.2) is 59.7 Å². The van der Waals surface area contributed by atoms with Gasteiger partial charge in [0.05, 0.1) is 23.4 Å². The van der Waals surface area contributed by atoms with Crippen LogP contribution in [-0.2, 0) is 16.1 Å². The first-order valence-electron chi connectivity index (χ1n) is 20.0. The van der Waals surface area contributed by atoms with Gasteiger partial charge in [-0.05, 0) is 75.6 Å². The van der Waals surface area contributed by atoms with Gasteiger partial charge >= 0.3 is 5.97 Å². The fourth-order valence-corrected chi connectivity index (χ4v) is 9.19. The van der Waals surface area contributed by atoms with Crippen molar-refractivity contribution in [3.8, 4) is 22.0 Å². The standard InChI is InChI=1S/C27H32ClN5O5.C17H15ClN4S/c1-17(34)29-9-5-3-4-6-25(35)33-12-10-32(11-13-33)24-8-7-18(26(31-24)38-2)19-14-20-21(27(36)37)16-30-23(20)15-22(19)28;1-9-10(2)23-17-15(9)16(12-4-6-13(18)7-5-12)19-8-14-21-20-11(3)22(14)17/h7-8,14-16,30H,3-6,9-13H2,1-2H3,(H,29,34)(H,36,37);4-7H,8H2,1-3H3. The largest absolute Gasteiger partial charge is 0.480 e. The van der Waals surface area contributed by atoms with Gasteiger partial charge in [0.1, 0.15) is 23.2 Å². The number of thiophene rings is 1. The van der Waals surface area contributed by atoms with Gasteiger partial charge in [-0.2, -0.15) is 4.98 Å². The van der Waals surface area contributed by atoms with Crippen molar-refractivity contribution in [2.45, 2.75) is 59.9 Å². The number of nitrogens with zero attached hydrogens (tertiary/aromatic N) is 7. The Morgan fingerprint density at radius 2 is 1.70 bits per heavy atom. The Balaban J connectivity index is 0.000000207. The molecule has 2 aliphatic heterocycles. The number of hydrogen-bond acceptors (Lipinski definition) is 10. The summed E-state index contributed by atoms with van der Waals surface area (Å²) in [6.07, 6.45) is 4.54. The van der Waals surface area contributed by atoms with Crippen molar-refractivity contribution in [1.82, 2.24) is 34.9 Å². The molecule has 0 aliphatic carbocycles. The molecule has 0 bridgehead atoms. The van der Waals surface area contributed by atoms with E-state index in [0.717, 1.165) is 58.0 Å². The fourth-order valence-electron chi connectivity index (χ4n) is 7.57. The highest BCUT2D eigenvalue weighted by Crippen LogP contribution is 2.39. The summed E-state index contributed by atoms with van der Waals surface area (Å²) < 4.78 is 7.73. The second kappa shape index (κ2) is 18.9. The molecule has 8 rings (SSSR count). The van der Waals surface area contributed by atoms with E-state index in [1.165, 1.54) is 36.2 Å². The number of halogens is 2. The molecule has 0 unspecified atom stereocenters. The molecule has 0 saturated carbocycles. The Hall–Kier alpha value is -5.77. The lowest BCUT2D eigenvalue weighted by Crippen LogP contribution is -2.49. The first-order valence-corrected chi connectivity index (χ1v) is 21.6. The van der Waals surface area contributed by atoms with Crippen LogP contribution in [0.2, 0.25) is 10.0 Å². The van der Waals surface area contributed by atoms with Gasteiger partial charge in [0.2, 0.25) is 17.7 Å². The van der Waals surface area contributed by atoms with E-state index in [-0.39, 0.29) is 17.4 Å². The van der Waals surface area contributed by atoms with E-state index in [4.69, 9.17) is 37.9 Å². The zero-order chi connectivity index (χ0) is 43.4. The number of pyridine rings is 1. The number of rotatable bonds is 11. The number of methoxy groups -OCH3 is 1. The van der Waals surface area contributed by atoms with Crippen molar-refractivity contribution < 1.29 is 24.2 Å². The van der Waals surface area contributed by atoms with E-state index in [0.29, 0.717) is 78.6 Å². The predicted molar refractivity (Wildman–Crippen MR) is 240 cm³/mol. The van der Waals surface area contributed by atoms with Crippen LogP contribution in [0.25, 0.3) is 27.0 Å². The molecule has 1 fully saturated rings. The summed E-state index contributed by atoms with van der Waals surface area (Å²) >= 11 is 14.4. The van der Waals surface area contributed by atoms with Gasteiger partial charge in [-0.15, -0.1) is 21.5 Å². The smallest absolute Gasteiger partial charge is 0.337 e. The number of benzene rings is 2. The summed E-state index contributed by atoms with van der Waals surface area (Å²) in [7, 11) is 1.54. The van der Waals surface area contributed by atoms with Crippen LogP contribution >= 0.6 is 34.5 Å². The molecule has 6 heterocycles. The maximum absolute atomic E-state index is 12.6. The molecular weight excluding hydrogens is 838 g/mol. The number of hydrogen-bond donors (Lipinski definition) is 3. The third-order valence-electron chi connectivity index (χ3n) is 10.9. The monoisotopic (exact) mass is 883 g/mol. The SMILES string of the molecule is COc1nc(N2CCN(C(=O)CCCCCNC(C)=O)CC2)ccc1-c1cc2c(C(=O)O)c[nH]c2cc1Cl.Cc1sc2c(c1C)C(c1ccc(Cl)cc1)=NCc1nnc(C)n1-2. The number of carbonyl (C=O) groups excluding carboxylic acids is 2. The van der Waals surface area contributed by atoms with Crippen LogP contribution in [0.1, 0.15) is 76.2 Å². The molecule has 1 saturated heterocycles. The maximum atomic E-state index is 12.6. The number of carboxylic acids is 1. The molecule has 0 spiro atoms. The maximum Gasteiger partial charge on any atom is 0.337 e. The number of carbonyl (C=O) groups is 3. The molecule has 61 heavy (non-hydrogen) atoms. The number of amides is 2. The average molecular weight is 885 g/mol. The highest BCUT2D eigenvalue weighted by molar-refractivity contribution is 7.15. The summed E-state index contributed by atoms with van der Waals surface area (Å²) in [5, 5.41) is 23.7. The van der Waals surface area contributed by atoms with Crippen LogP contribution in [0, 0.1) is 20.8 Å². The van der Waals surface area contributed by atoms with Gasteiger partial charge in [-0.1, -0.05) is 41.8 Å². The Morgan fingerprint density at radius 1 is 0.951 bits per heavy atom. The summed E-state index contributed by atoms with van der Waals surface area (Å²) in [5.41, 5.74) is 6.61. The van der Waals surface area contributed by atoms with Crippen LogP contribution in [0.5, 0.6) is 5.88 Å². The topological polar surface area (TPSA) is 171 Å². The van der Waals surface area contributed by atoms with Gasteiger partial charge in [-0.3, -0.25) is 19.1 Å². The van der Waals surface area contributed by atoms with Gasteiger partial charge < -0.3 is 29.9 Å². The first-order chi connectivity index (χ1) is 29.3. The Morgan fingerprint density at radius 3 is 2.41 bits per heavy atom. The molecule has 14 nitrogen and oxygen atoms in total. The van der Waals surface area contributed by atoms with Gasteiger partial charge in [0.25, 0.3) is 0 Å². The van der Waals surface area contributed by atoms with Crippen LogP contribution in [-0.4, -0.2) is 98.1 Å². The number of nitrogens with one attached hydrogen (secondary N) is 2. The molecule has 0 atom stereocenters. The Bertz CT molecular complexity index is 2630. The van der Waals surface area contributed by atoms with E-state index in [1.54, 1.807) is 23.5 Å². The number of unbranched alkanes of at least 4 members (excludes halogenated alkanes) is 2. The highest BCUT2D eigenvalue weighted by Gasteiger charge is 2.27. The molecule has 4 aromatic heterocycles. The average Bonchev–Trinajstić information content (AvgIpc) is 3.89. The molecular formula is C44H47Cl2N9O5S. The zero-order valence-electron chi connectivity index (χ0n) is 34.6. The number of aromatic nitrogens is 5.